The van der Waals surface area contributed by atoms with Gasteiger partial charge in [-0.1, -0.05) is 24.3 Å². The number of benzene rings is 1. The van der Waals surface area contributed by atoms with Gasteiger partial charge in [0, 0.05) is 0 Å². The highest BCUT2D eigenvalue weighted by Gasteiger charge is 2.51. The SMILES string of the molecule is NCCc1ccccc1C12CC3CC(CC(C3)C1)C2. The smallest absolute Gasteiger partial charge is 0.00363 e. The third kappa shape index (κ3) is 1.86. The van der Waals surface area contributed by atoms with Crippen LogP contribution in [0.15, 0.2) is 24.3 Å². The lowest BCUT2D eigenvalue weighted by Gasteiger charge is -2.57. The molecule has 1 aromatic rings. The van der Waals surface area contributed by atoms with Crippen LogP contribution in [0.5, 0.6) is 0 Å². The Morgan fingerprint density at radius 1 is 0.947 bits per heavy atom. The Morgan fingerprint density at radius 3 is 2.11 bits per heavy atom. The Bertz CT molecular complexity index is 441. The summed E-state index contributed by atoms with van der Waals surface area (Å²) in [5.74, 6) is 3.08. The van der Waals surface area contributed by atoms with Crippen molar-refractivity contribution in [2.24, 2.45) is 23.5 Å². The zero-order valence-electron chi connectivity index (χ0n) is 11.8. The first-order valence-corrected chi connectivity index (χ1v) is 8.07. The fourth-order valence-corrected chi connectivity index (χ4v) is 5.85. The third-order valence-electron chi connectivity index (χ3n) is 6.04. The molecule has 102 valence electrons. The number of rotatable bonds is 3. The molecule has 0 amide bonds. The van der Waals surface area contributed by atoms with Gasteiger partial charge < -0.3 is 5.73 Å². The van der Waals surface area contributed by atoms with Gasteiger partial charge >= 0.3 is 0 Å². The van der Waals surface area contributed by atoms with E-state index in [1.807, 2.05) is 0 Å². The van der Waals surface area contributed by atoms with E-state index in [0.29, 0.717) is 5.41 Å². The standard InChI is InChI=1S/C18H25N/c19-6-5-16-3-1-2-4-17(16)18-10-13-7-14(11-18)9-15(8-13)12-18/h1-4,13-15H,5-12,19H2. The first-order valence-electron chi connectivity index (χ1n) is 8.07. The maximum absolute atomic E-state index is 5.82. The van der Waals surface area contributed by atoms with Gasteiger partial charge in [0.05, 0.1) is 0 Å². The van der Waals surface area contributed by atoms with Crippen LogP contribution in [0.4, 0.5) is 0 Å². The van der Waals surface area contributed by atoms with Gasteiger partial charge in [0.15, 0.2) is 0 Å². The van der Waals surface area contributed by atoms with Crippen molar-refractivity contribution >= 4 is 0 Å². The van der Waals surface area contributed by atoms with E-state index in [2.05, 4.69) is 24.3 Å². The first-order chi connectivity index (χ1) is 9.29. The molecule has 4 aliphatic rings. The summed E-state index contributed by atoms with van der Waals surface area (Å²) in [4.78, 5) is 0. The molecule has 4 saturated carbocycles. The van der Waals surface area contributed by atoms with Gasteiger partial charge in [-0.25, -0.2) is 0 Å². The van der Waals surface area contributed by atoms with E-state index in [9.17, 15) is 0 Å². The van der Waals surface area contributed by atoms with Crippen LogP contribution in [0.2, 0.25) is 0 Å². The van der Waals surface area contributed by atoms with Crippen LogP contribution >= 0.6 is 0 Å². The van der Waals surface area contributed by atoms with Crippen molar-refractivity contribution in [1.29, 1.82) is 0 Å². The van der Waals surface area contributed by atoms with Crippen molar-refractivity contribution in [2.75, 3.05) is 6.54 Å². The molecule has 0 saturated heterocycles. The number of hydrogen-bond donors (Lipinski definition) is 1. The van der Waals surface area contributed by atoms with Gasteiger partial charge in [0.25, 0.3) is 0 Å². The highest BCUT2D eigenvalue weighted by atomic mass is 14.6. The molecular formula is C18H25N. The average molecular weight is 255 g/mol. The van der Waals surface area contributed by atoms with E-state index in [-0.39, 0.29) is 0 Å². The summed E-state index contributed by atoms with van der Waals surface area (Å²) in [6, 6.07) is 9.17. The van der Waals surface area contributed by atoms with E-state index >= 15 is 0 Å². The highest BCUT2D eigenvalue weighted by molar-refractivity contribution is 5.37. The summed E-state index contributed by atoms with van der Waals surface area (Å²) in [6.07, 6.45) is 10.0. The Labute approximate surface area is 116 Å². The van der Waals surface area contributed by atoms with Gasteiger partial charge in [-0.15, -0.1) is 0 Å². The molecule has 4 fully saturated rings. The van der Waals surface area contributed by atoms with Crippen LogP contribution < -0.4 is 5.73 Å². The fraction of sp³-hybridized carbons (Fsp3) is 0.667. The molecule has 4 aliphatic carbocycles. The van der Waals surface area contributed by atoms with E-state index in [4.69, 9.17) is 5.73 Å². The molecule has 2 N–H and O–H groups in total. The molecule has 0 aromatic heterocycles. The summed E-state index contributed by atoms with van der Waals surface area (Å²) < 4.78 is 0. The second-order valence-electron chi connectivity index (χ2n) is 7.39. The highest BCUT2D eigenvalue weighted by Crippen LogP contribution is 2.61. The average Bonchev–Trinajstić information content (AvgIpc) is 2.38. The van der Waals surface area contributed by atoms with E-state index in [0.717, 1.165) is 30.7 Å². The molecule has 1 nitrogen and oxygen atoms in total. The van der Waals surface area contributed by atoms with E-state index in [1.54, 1.807) is 5.56 Å². The number of hydrogen-bond acceptors (Lipinski definition) is 1. The molecule has 1 heteroatoms. The topological polar surface area (TPSA) is 26.0 Å². The van der Waals surface area contributed by atoms with Crippen LogP contribution in [0.1, 0.15) is 49.7 Å². The van der Waals surface area contributed by atoms with Crippen LogP contribution in [0, 0.1) is 17.8 Å². The summed E-state index contributed by atoms with van der Waals surface area (Å²) in [5, 5.41) is 0. The lowest BCUT2D eigenvalue weighted by Crippen LogP contribution is -2.49. The monoisotopic (exact) mass is 255 g/mol. The minimum atomic E-state index is 0.528. The summed E-state index contributed by atoms with van der Waals surface area (Å²) >= 11 is 0. The fourth-order valence-electron chi connectivity index (χ4n) is 5.85. The summed E-state index contributed by atoms with van der Waals surface area (Å²) in [6.45, 7) is 0.781. The third-order valence-corrected chi connectivity index (χ3v) is 6.04. The minimum absolute atomic E-state index is 0.528. The molecule has 4 bridgehead atoms. The molecule has 0 heterocycles. The predicted molar refractivity (Wildman–Crippen MR) is 79.1 cm³/mol. The zero-order valence-corrected chi connectivity index (χ0v) is 11.8. The van der Waals surface area contributed by atoms with E-state index < -0.39 is 0 Å². The second kappa shape index (κ2) is 4.34. The second-order valence-corrected chi connectivity index (χ2v) is 7.39. The van der Waals surface area contributed by atoms with Gasteiger partial charge in [0.2, 0.25) is 0 Å². The summed E-state index contributed by atoms with van der Waals surface area (Å²) in [7, 11) is 0. The van der Waals surface area contributed by atoms with Gasteiger partial charge in [-0.05, 0) is 85.8 Å². The lowest BCUT2D eigenvalue weighted by molar-refractivity contribution is -0.00556. The van der Waals surface area contributed by atoms with Crippen LogP contribution in [0.25, 0.3) is 0 Å². The maximum Gasteiger partial charge on any atom is -0.00363 e. The van der Waals surface area contributed by atoms with Crippen molar-refractivity contribution in [3.8, 4) is 0 Å². The molecule has 19 heavy (non-hydrogen) atoms. The van der Waals surface area contributed by atoms with Crippen molar-refractivity contribution in [2.45, 2.75) is 50.4 Å². The molecule has 0 unspecified atom stereocenters. The molecular weight excluding hydrogens is 230 g/mol. The van der Waals surface area contributed by atoms with Crippen LogP contribution in [-0.4, -0.2) is 6.54 Å². The molecule has 0 spiro atoms. The lowest BCUT2D eigenvalue weighted by atomic mass is 9.47. The molecule has 0 atom stereocenters. The minimum Gasteiger partial charge on any atom is -0.330 e. The predicted octanol–water partition coefficient (Wildman–Crippen LogP) is 3.66. The molecule has 5 rings (SSSR count). The molecule has 1 aromatic carbocycles. The Hall–Kier alpha value is -0.820. The Morgan fingerprint density at radius 2 is 1.53 bits per heavy atom. The largest absolute Gasteiger partial charge is 0.330 e. The van der Waals surface area contributed by atoms with E-state index in [1.165, 1.54) is 44.1 Å². The number of nitrogens with two attached hydrogens (primary N) is 1. The van der Waals surface area contributed by atoms with Crippen molar-refractivity contribution in [3.05, 3.63) is 35.4 Å². The maximum atomic E-state index is 5.82. The quantitative estimate of drug-likeness (QED) is 0.876. The van der Waals surface area contributed by atoms with Crippen LogP contribution in [0.3, 0.4) is 0 Å². The van der Waals surface area contributed by atoms with Crippen molar-refractivity contribution in [1.82, 2.24) is 0 Å². The molecule has 0 aliphatic heterocycles. The summed E-state index contributed by atoms with van der Waals surface area (Å²) in [5.41, 5.74) is 9.55. The van der Waals surface area contributed by atoms with Gasteiger partial charge in [0.1, 0.15) is 0 Å². The Kier molecular flexibility index (Phi) is 2.73. The van der Waals surface area contributed by atoms with Crippen molar-refractivity contribution in [3.63, 3.8) is 0 Å². The Balaban J connectivity index is 1.75. The molecule has 0 radical (unpaired) electrons. The van der Waals surface area contributed by atoms with Gasteiger partial charge in [-0.3, -0.25) is 0 Å². The van der Waals surface area contributed by atoms with Gasteiger partial charge in [-0.2, -0.15) is 0 Å². The first kappa shape index (κ1) is 12.0. The van der Waals surface area contributed by atoms with Crippen molar-refractivity contribution < 1.29 is 0 Å². The van der Waals surface area contributed by atoms with Crippen LogP contribution in [-0.2, 0) is 11.8 Å². The zero-order chi connectivity index (χ0) is 12.9. The normalized spacial score (nSPS) is 39.7.